The van der Waals surface area contributed by atoms with Crippen molar-refractivity contribution in [3.8, 4) is 0 Å². The molecule has 0 aromatic heterocycles. The molecule has 1 aromatic carbocycles. The number of hydrazine groups is 1. The lowest BCUT2D eigenvalue weighted by Gasteiger charge is -2.27. The molecule has 0 aliphatic rings. The van der Waals surface area contributed by atoms with Crippen LogP contribution in [0.1, 0.15) is 122 Å². The van der Waals surface area contributed by atoms with Gasteiger partial charge >= 0.3 is 0 Å². The predicted octanol–water partition coefficient (Wildman–Crippen LogP) is 0.760. The first kappa shape index (κ1) is 47.7. The Balaban J connectivity index is 2.92. The zero-order valence-electron chi connectivity index (χ0n) is 32.3. The fourth-order valence-corrected chi connectivity index (χ4v) is 5.70. The number of carbonyl (C=O) groups is 4. The number of hydrogen-bond donors (Lipinski definition) is 12. The highest BCUT2D eigenvalue weighted by molar-refractivity contribution is 6.39. The van der Waals surface area contributed by atoms with Gasteiger partial charge in [0.25, 0.3) is 0 Å². The largest absolute Gasteiger partial charge is 0.384 e. The van der Waals surface area contributed by atoms with Gasteiger partial charge in [0.1, 0.15) is 30.5 Å². The lowest BCUT2D eigenvalue weighted by Crippen LogP contribution is -2.60. The third-order valence-electron chi connectivity index (χ3n) is 8.92. The van der Waals surface area contributed by atoms with Crippen molar-refractivity contribution in [1.29, 1.82) is 5.41 Å². The number of rotatable bonds is 32. The van der Waals surface area contributed by atoms with E-state index in [1.807, 2.05) is 13.8 Å². The SMILES string of the molecule is CCCCCCCCCCCC(=O)C(=O)[C@H](CCCNC(N)N)NN[C@H](C(=O)N[C@@H](CCCNC(N)N)C(=O)NCc1ccc(C(=N)N)cc1)C(C)C. The third-order valence-corrected chi connectivity index (χ3v) is 8.92. The first-order valence-corrected chi connectivity index (χ1v) is 19.3. The Kier molecular flexibility index (Phi) is 25.3. The number of unbranched alkanes of at least 4 members (excludes halogenated alkanes) is 8. The first-order chi connectivity index (χ1) is 25.3. The summed E-state index contributed by atoms with van der Waals surface area (Å²) in [6.07, 6.45) is 10.2. The molecule has 0 radical (unpaired) electrons. The molecule has 0 saturated carbocycles. The van der Waals surface area contributed by atoms with Gasteiger partial charge in [-0.15, -0.1) is 0 Å². The van der Waals surface area contributed by atoms with Gasteiger partial charge in [-0.1, -0.05) is 96.4 Å². The maximum Gasteiger partial charge on any atom is 0.242 e. The number of Topliss-reactive ketones (excluding diaryl/α,β-unsaturated/α-hetero) is 2. The molecule has 0 aliphatic heterocycles. The van der Waals surface area contributed by atoms with Crippen LogP contribution in [0.2, 0.25) is 0 Å². The second-order valence-electron chi connectivity index (χ2n) is 14.1. The number of hydrogen-bond acceptors (Lipinski definition) is 13. The van der Waals surface area contributed by atoms with Crippen molar-refractivity contribution in [2.24, 2.45) is 34.6 Å². The maximum atomic E-state index is 13.7. The molecular weight excluding hydrogens is 676 g/mol. The van der Waals surface area contributed by atoms with Crippen molar-refractivity contribution in [2.45, 2.75) is 148 Å². The van der Waals surface area contributed by atoms with Gasteiger partial charge in [0.2, 0.25) is 17.6 Å². The lowest BCUT2D eigenvalue weighted by atomic mass is 9.99. The lowest BCUT2D eigenvalue weighted by molar-refractivity contribution is -0.138. The van der Waals surface area contributed by atoms with Crippen molar-refractivity contribution in [3.05, 3.63) is 35.4 Å². The van der Waals surface area contributed by atoms with E-state index < -0.39 is 48.2 Å². The molecule has 302 valence electrons. The second kappa shape index (κ2) is 28.1. The Hall–Kier alpha value is -3.35. The molecule has 0 unspecified atom stereocenters. The Bertz CT molecular complexity index is 1210. The Labute approximate surface area is 316 Å². The van der Waals surface area contributed by atoms with Crippen LogP contribution in [-0.2, 0) is 25.7 Å². The summed E-state index contributed by atoms with van der Waals surface area (Å²) in [5.74, 6) is -2.14. The number of nitrogen functional groups attached to an aromatic ring is 1. The number of carbonyl (C=O) groups excluding carboxylic acids is 4. The van der Waals surface area contributed by atoms with Crippen LogP contribution in [0.5, 0.6) is 0 Å². The van der Waals surface area contributed by atoms with Crippen molar-refractivity contribution >= 4 is 29.2 Å². The molecule has 53 heavy (non-hydrogen) atoms. The molecule has 17 N–H and O–H groups in total. The summed E-state index contributed by atoms with van der Waals surface area (Å²) in [4.78, 5) is 53.5. The van der Waals surface area contributed by atoms with Crippen LogP contribution in [0.4, 0.5) is 0 Å². The summed E-state index contributed by atoms with van der Waals surface area (Å²) in [7, 11) is 0. The number of amidine groups is 1. The van der Waals surface area contributed by atoms with Gasteiger partial charge in [0, 0.05) is 18.5 Å². The molecule has 1 aromatic rings. The van der Waals surface area contributed by atoms with Crippen LogP contribution in [-0.4, -0.2) is 73.0 Å². The van der Waals surface area contributed by atoms with Gasteiger partial charge in [-0.3, -0.25) is 35.2 Å². The van der Waals surface area contributed by atoms with Gasteiger partial charge in [0.15, 0.2) is 5.78 Å². The van der Waals surface area contributed by atoms with Gasteiger partial charge in [0.05, 0.1) is 6.04 Å². The van der Waals surface area contributed by atoms with Crippen molar-refractivity contribution < 1.29 is 19.2 Å². The molecule has 1 rings (SSSR count). The molecule has 16 heteroatoms. The van der Waals surface area contributed by atoms with E-state index in [1.165, 1.54) is 32.1 Å². The zero-order chi connectivity index (χ0) is 39.6. The van der Waals surface area contributed by atoms with E-state index in [0.717, 1.165) is 24.8 Å². The summed E-state index contributed by atoms with van der Waals surface area (Å²) in [6.45, 7) is 6.93. The summed E-state index contributed by atoms with van der Waals surface area (Å²) >= 11 is 0. The number of amides is 2. The van der Waals surface area contributed by atoms with E-state index in [0.29, 0.717) is 50.8 Å². The minimum absolute atomic E-state index is 0.0540. The summed E-state index contributed by atoms with van der Waals surface area (Å²) in [5.41, 5.74) is 35.3. The van der Waals surface area contributed by atoms with Crippen molar-refractivity contribution in [3.63, 3.8) is 0 Å². The number of nitrogens with one attached hydrogen (secondary N) is 7. The Morgan fingerprint density at radius 2 is 1.23 bits per heavy atom. The van der Waals surface area contributed by atoms with Gasteiger partial charge in [-0.25, -0.2) is 10.9 Å². The topological polar surface area (TPSA) is 294 Å². The summed E-state index contributed by atoms with van der Waals surface area (Å²) < 4.78 is 0. The van der Waals surface area contributed by atoms with Gasteiger partial charge in [-0.05, 0) is 56.7 Å². The highest BCUT2D eigenvalue weighted by Gasteiger charge is 2.30. The van der Waals surface area contributed by atoms with E-state index in [1.54, 1.807) is 24.3 Å². The van der Waals surface area contributed by atoms with E-state index in [2.05, 4.69) is 39.0 Å². The summed E-state index contributed by atoms with van der Waals surface area (Å²) in [6, 6.07) is 4.30. The van der Waals surface area contributed by atoms with Crippen LogP contribution in [0.15, 0.2) is 24.3 Å². The van der Waals surface area contributed by atoms with E-state index in [9.17, 15) is 19.2 Å². The standard InChI is InChI=1S/C37H70N12O4/c1-4-5-6-7-8-9-10-11-12-17-30(50)32(51)28(15-13-22-44-36(40)41)48-49-31(25(2)3)35(53)47-29(16-14-23-45-37(42)43)34(52)46-24-26-18-20-27(21-19-26)33(38)39/h18-21,25,28-29,31,36-37,44-45,48-49H,4-17,22-24,40-43H2,1-3H3,(H3,38,39)(H,46,52)(H,47,53)/t28-,29-,31-/m0/s1. The molecular formula is C37H70N12O4. The average molecular weight is 747 g/mol. The minimum Gasteiger partial charge on any atom is -0.384 e. The minimum atomic E-state index is -0.889. The summed E-state index contributed by atoms with van der Waals surface area (Å²) in [5, 5.41) is 19.1. The molecule has 0 bridgehead atoms. The fourth-order valence-electron chi connectivity index (χ4n) is 5.70. The van der Waals surface area contributed by atoms with E-state index in [4.69, 9.17) is 34.1 Å². The normalized spacial score (nSPS) is 13.2. The first-order valence-electron chi connectivity index (χ1n) is 19.3. The molecule has 3 atom stereocenters. The fraction of sp³-hybridized carbons (Fsp3) is 0.703. The van der Waals surface area contributed by atoms with Gasteiger partial charge < -0.3 is 39.3 Å². The maximum absolute atomic E-state index is 13.7. The number of ketones is 2. The predicted molar refractivity (Wildman–Crippen MR) is 211 cm³/mol. The van der Waals surface area contributed by atoms with E-state index in [-0.39, 0.29) is 30.6 Å². The van der Waals surface area contributed by atoms with Crippen molar-refractivity contribution in [1.82, 2.24) is 32.1 Å². The van der Waals surface area contributed by atoms with Crippen LogP contribution in [0.25, 0.3) is 0 Å². The second-order valence-corrected chi connectivity index (χ2v) is 14.1. The smallest absolute Gasteiger partial charge is 0.242 e. The van der Waals surface area contributed by atoms with Crippen LogP contribution >= 0.6 is 0 Å². The number of benzene rings is 1. The Morgan fingerprint density at radius 3 is 1.74 bits per heavy atom. The quantitative estimate of drug-likeness (QED) is 0.0121. The Morgan fingerprint density at radius 1 is 0.698 bits per heavy atom. The highest BCUT2D eigenvalue weighted by Crippen LogP contribution is 2.12. The monoisotopic (exact) mass is 747 g/mol. The van der Waals surface area contributed by atoms with Crippen LogP contribution in [0.3, 0.4) is 0 Å². The molecule has 0 aliphatic carbocycles. The number of nitrogens with two attached hydrogens (primary N) is 5. The highest BCUT2D eigenvalue weighted by atomic mass is 16.2. The molecule has 0 saturated heterocycles. The molecule has 0 fully saturated rings. The van der Waals surface area contributed by atoms with Crippen molar-refractivity contribution in [2.75, 3.05) is 13.1 Å². The van der Waals surface area contributed by atoms with Crippen LogP contribution in [0, 0.1) is 11.3 Å². The van der Waals surface area contributed by atoms with E-state index >= 15 is 0 Å². The molecule has 0 heterocycles. The molecule has 16 nitrogen and oxygen atoms in total. The molecule has 0 spiro atoms. The van der Waals surface area contributed by atoms with Crippen LogP contribution < -0.4 is 60.8 Å². The third kappa shape index (κ3) is 21.8. The molecule has 2 amide bonds. The zero-order valence-corrected chi connectivity index (χ0v) is 32.3. The van der Waals surface area contributed by atoms with Gasteiger partial charge in [-0.2, -0.15) is 0 Å². The average Bonchev–Trinajstić information content (AvgIpc) is 3.11.